The number of methoxy groups -OCH3 is 1. The van der Waals surface area contributed by atoms with E-state index in [1.54, 1.807) is 43.5 Å². The smallest absolute Gasteiger partial charge is 0.340 e. The fourth-order valence-corrected chi connectivity index (χ4v) is 6.67. The van der Waals surface area contributed by atoms with E-state index in [4.69, 9.17) is 18.9 Å². The minimum absolute atomic E-state index is 0.133. The Morgan fingerprint density at radius 2 is 1.97 bits per heavy atom. The zero-order valence-corrected chi connectivity index (χ0v) is 20.7. The molecule has 0 amide bonds. The van der Waals surface area contributed by atoms with Crippen LogP contribution in [0.5, 0.6) is 17.2 Å². The zero-order chi connectivity index (χ0) is 25.9. The van der Waals surface area contributed by atoms with Crippen molar-refractivity contribution in [2.45, 2.75) is 54.9 Å². The van der Waals surface area contributed by atoms with Crippen LogP contribution in [-0.2, 0) is 26.2 Å². The van der Waals surface area contributed by atoms with Gasteiger partial charge >= 0.3 is 11.9 Å². The molecule has 9 heteroatoms. The molecule has 1 unspecified atom stereocenters. The number of piperidine rings is 1. The number of para-hydroxylation sites is 1. The molecule has 194 valence electrons. The van der Waals surface area contributed by atoms with Crippen LogP contribution in [0.1, 0.15) is 30.4 Å². The first-order chi connectivity index (χ1) is 17.8. The fourth-order valence-electron chi connectivity index (χ4n) is 6.67. The quantitative estimate of drug-likeness (QED) is 0.447. The number of benzene rings is 2. The van der Waals surface area contributed by atoms with Gasteiger partial charge in [-0.2, -0.15) is 0 Å². The van der Waals surface area contributed by atoms with Crippen LogP contribution in [0.25, 0.3) is 0 Å². The second-order valence-electron chi connectivity index (χ2n) is 10.2. The fraction of sp³-hybridized carbons (Fsp3) is 0.429. The molecule has 0 radical (unpaired) electrons. The second-order valence-corrected chi connectivity index (χ2v) is 10.2. The highest BCUT2D eigenvalue weighted by molar-refractivity contribution is 5.83. The number of hydrogen-bond donors (Lipinski definition) is 2. The molecular weight excluding hydrogens is 478 g/mol. The average Bonchev–Trinajstić information content (AvgIpc) is 3.24. The van der Waals surface area contributed by atoms with E-state index in [9.17, 15) is 19.8 Å². The first-order valence-corrected chi connectivity index (χ1v) is 12.4. The number of esters is 2. The third kappa shape index (κ3) is 3.41. The van der Waals surface area contributed by atoms with E-state index >= 15 is 0 Å². The maximum atomic E-state index is 12.9. The van der Waals surface area contributed by atoms with Gasteiger partial charge in [0.1, 0.15) is 11.5 Å². The van der Waals surface area contributed by atoms with Gasteiger partial charge in [0.05, 0.1) is 24.5 Å². The van der Waals surface area contributed by atoms with Gasteiger partial charge in [-0.3, -0.25) is 4.79 Å². The molecule has 0 saturated carbocycles. The lowest BCUT2D eigenvalue weighted by molar-refractivity contribution is -0.172. The number of ether oxygens (including phenoxy) is 4. The van der Waals surface area contributed by atoms with Crippen molar-refractivity contribution >= 4 is 11.9 Å². The Bertz CT molecular complexity index is 1290. The number of hydrogen-bond acceptors (Lipinski definition) is 9. The number of aliphatic hydroxyl groups is 2. The highest BCUT2D eigenvalue weighted by Crippen LogP contribution is 2.65. The highest BCUT2D eigenvalue weighted by Gasteiger charge is 2.72. The van der Waals surface area contributed by atoms with E-state index in [1.807, 2.05) is 19.2 Å². The van der Waals surface area contributed by atoms with Gasteiger partial charge in [0.2, 0.25) is 0 Å². The van der Waals surface area contributed by atoms with Gasteiger partial charge in [-0.15, -0.1) is 0 Å². The van der Waals surface area contributed by atoms with Crippen molar-refractivity contribution in [1.29, 1.82) is 0 Å². The molecule has 1 fully saturated rings. The summed E-state index contributed by atoms with van der Waals surface area (Å²) in [7, 11) is 3.58. The summed E-state index contributed by atoms with van der Waals surface area (Å²) in [5, 5.41) is 22.6. The van der Waals surface area contributed by atoms with Crippen LogP contribution in [0.2, 0.25) is 0 Å². The first-order valence-electron chi connectivity index (χ1n) is 12.4. The van der Waals surface area contributed by atoms with E-state index in [-0.39, 0.29) is 18.2 Å². The monoisotopic (exact) mass is 507 g/mol. The van der Waals surface area contributed by atoms with Gasteiger partial charge < -0.3 is 34.1 Å². The van der Waals surface area contributed by atoms with Gasteiger partial charge in [0.25, 0.3) is 0 Å². The number of likely N-dealkylation sites (tertiary alicyclic amines) is 1. The maximum Gasteiger partial charge on any atom is 0.340 e. The van der Waals surface area contributed by atoms with Crippen LogP contribution in [0, 0.1) is 0 Å². The molecule has 2 aromatic rings. The molecule has 4 aliphatic rings. The minimum Gasteiger partial charge on any atom is -0.493 e. The highest BCUT2D eigenvalue weighted by atomic mass is 16.6. The van der Waals surface area contributed by atoms with E-state index < -0.39 is 41.6 Å². The largest absolute Gasteiger partial charge is 0.493 e. The molecule has 2 aliphatic heterocycles. The maximum absolute atomic E-state index is 12.9. The molecule has 37 heavy (non-hydrogen) atoms. The molecule has 1 saturated heterocycles. The number of carbonyl (C=O) groups is 2. The van der Waals surface area contributed by atoms with Crippen molar-refractivity contribution in [2.75, 3.05) is 20.7 Å². The number of likely N-dealkylation sites (N-methyl/N-ethyl adjacent to an activating group) is 1. The Morgan fingerprint density at radius 1 is 1.19 bits per heavy atom. The molecule has 5 atom stereocenters. The first kappa shape index (κ1) is 24.0. The average molecular weight is 508 g/mol. The number of rotatable bonds is 6. The van der Waals surface area contributed by atoms with Gasteiger partial charge in [-0.05, 0) is 56.3 Å². The molecule has 2 heterocycles. The third-order valence-electron chi connectivity index (χ3n) is 8.38. The van der Waals surface area contributed by atoms with Crippen molar-refractivity contribution in [3.8, 4) is 17.2 Å². The van der Waals surface area contributed by atoms with Crippen LogP contribution < -0.4 is 14.2 Å². The summed E-state index contributed by atoms with van der Waals surface area (Å²) in [6.07, 6.45) is 0.128. The summed E-state index contributed by atoms with van der Waals surface area (Å²) in [5.74, 6) is -0.0911. The Labute approximate surface area is 214 Å². The van der Waals surface area contributed by atoms with Gasteiger partial charge in [0, 0.05) is 18.0 Å². The molecule has 2 aliphatic carbocycles. The summed E-state index contributed by atoms with van der Waals surface area (Å²) in [4.78, 5) is 27.3. The zero-order valence-electron chi connectivity index (χ0n) is 20.7. The van der Waals surface area contributed by atoms with Crippen LogP contribution in [0.4, 0.5) is 0 Å². The lowest BCUT2D eigenvalue weighted by Gasteiger charge is -2.61. The van der Waals surface area contributed by atoms with E-state index in [1.165, 1.54) is 0 Å². The number of nitrogens with zero attached hydrogens (tertiary/aromatic N) is 1. The van der Waals surface area contributed by atoms with Gasteiger partial charge in [-0.1, -0.05) is 24.3 Å². The standard InChI is InChI=1S/C28H29NO8/c1-29-13-12-27-23-16-8-9-19(34-2)24(23)37-25(27)20(10-11-28(27,33)21(29)14-16)36-26(32)18(30)15-22(31)35-17-6-4-3-5-7-17/h3-10,18,21,25,30,33H,11-15H2,1-2H3/t18?,21-,25+,27+,28-/m1/s1. The van der Waals surface area contributed by atoms with Crippen molar-refractivity contribution in [2.24, 2.45) is 0 Å². The Balaban J connectivity index is 1.28. The van der Waals surface area contributed by atoms with Crippen molar-refractivity contribution < 1.29 is 38.7 Å². The number of aliphatic hydroxyl groups excluding tert-OH is 1. The van der Waals surface area contributed by atoms with Crippen molar-refractivity contribution in [3.63, 3.8) is 0 Å². The summed E-state index contributed by atoms with van der Waals surface area (Å²) >= 11 is 0. The predicted octanol–water partition coefficient (Wildman–Crippen LogP) is 1.87. The lowest BCUT2D eigenvalue weighted by Crippen LogP contribution is -2.74. The van der Waals surface area contributed by atoms with Crippen LogP contribution >= 0.6 is 0 Å². The normalized spacial score (nSPS) is 29.9. The second kappa shape index (κ2) is 8.58. The van der Waals surface area contributed by atoms with Gasteiger partial charge in [-0.25, -0.2) is 4.79 Å². The Kier molecular flexibility index (Phi) is 5.56. The van der Waals surface area contributed by atoms with E-state index in [0.717, 1.165) is 17.7 Å². The molecule has 2 bridgehead atoms. The summed E-state index contributed by atoms with van der Waals surface area (Å²) < 4.78 is 22.9. The Morgan fingerprint density at radius 3 is 2.73 bits per heavy atom. The molecule has 0 aromatic heterocycles. The topological polar surface area (TPSA) is 115 Å². The summed E-state index contributed by atoms with van der Waals surface area (Å²) in [6.45, 7) is 0.734. The molecular formula is C28H29NO8. The molecule has 2 N–H and O–H groups in total. The molecule has 6 rings (SSSR count). The minimum atomic E-state index is -1.72. The lowest BCUT2D eigenvalue weighted by atomic mass is 9.50. The van der Waals surface area contributed by atoms with Gasteiger partial charge in [0.15, 0.2) is 23.7 Å². The number of carbonyl (C=O) groups excluding carboxylic acids is 2. The third-order valence-corrected chi connectivity index (χ3v) is 8.38. The predicted molar refractivity (Wildman–Crippen MR) is 130 cm³/mol. The van der Waals surface area contributed by atoms with Crippen molar-refractivity contribution in [3.05, 3.63) is 65.4 Å². The Hall–Kier alpha value is -3.40. The van der Waals surface area contributed by atoms with E-state index in [0.29, 0.717) is 30.1 Å². The van der Waals surface area contributed by atoms with Crippen LogP contribution in [0.15, 0.2) is 54.3 Å². The molecule has 1 spiro atoms. The van der Waals surface area contributed by atoms with Crippen LogP contribution in [0.3, 0.4) is 0 Å². The molecule has 2 aromatic carbocycles. The molecule has 9 nitrogen and oxygen atoms in total. The van der Waals surface area contributed by atoms with Crippen LogP contribution in [-0.4, -0.2) is 71.6 Å². The van der Waals surface area contributed by atoms with Crippen molar-refractivity contribution in [1.82, 2.24) is 4.90 Å². The van der Waals surface area contributed by atoms with E-state index in [2.05, 4.69) is 4.90 Å². The summed E-state index contributed by atoms with van der Waals surface area (Å²) in [5.41, 5.74) is 0.0278. The SMILES string of the molecule is COc1ccc2c3c1O[C@H]1C(OC(=O)C(O)CC(=O)Oc4ccccc4)=CC[C@@]4(O)[C@@H](C2)N(C)CC[C@]314. The summed E-state index contributed by atoms with van der Waals surface area (Å²) in [6, 6.07) is 12.2.